The van der Waals surface area contributed by atoms with Crippen LogP contribution in [-0.4, -0.2) is 5.78 Å². The van der Waals surface area contributed by atoms with Crippen LogP contribution in [0.25, 0.3) is 0 Å². The molecule has 4 atom stereocenters. The second-order valence-corrected chi connectivity index (χ2v) is 5.68. The van der Waals surface area contributed by atoms with Gasteiger partial charge in [-0.2, -0.15) is 0 Å². The first-order valence-electron chi connectivity index (χ1n) is 6.14. The van der Waals surface area contributed by atoms with Crippen molar-refractivity contribution in [2.75, 3.05) is 0 Å². The molecule has 0 heterocycles. The van der Waals surface area contributed by atoms with Gasteiger partial charge < -0.3 is 4.79 Å². The zero-order valence-corrected chi connectivity index (χ0v) is 9.46. The third kappa shape index (κ3) is 2.18. The summed E-state index contributed by atoms with van der Waals surface area (Å²) in [6.45, 7) is 3.96. The lowest BCUT2D eigenvalue weighted by molar-refractivity contribution is -0.117. The van der Waals surface area contributed by atoms with Gasteiger partial charge in [0.05, 0.1) is 0 Å². The maximum Gasteiger partial charge on any atom is 0.130 e. The summed E-state index contributed by atoms with van der Waals surface area (Å²) in [7, 11) is 0. The molecule has 0 radical (unpaired) electrons. The first-order valence-corrected chi connectivity index (χ1v) is 6.14. The highest BCUT2D eigenvalue weighted by atomic mass is 16.1. The molecule has 0 amide bonds. The van der Waals surface area contributed by atoms with Gasteiger partial charge in [-0.25, -0.2) is 0 Å². The van der Waals surface area contributed by atoms with Crippen molar-refractivity contribution in [1.29, 1.82) is 0 Å². The van der Waals surface area contributed by atoms with E-state index in [1.54, 1.807) is 6.92 Å². The Bertz CT molecular complexity index is 221. The molecule has 2 aliphatic carbocycles. The Morgan fingerprint density at radius 3 is 2.64 bits per heavy atom. The van der Waals surface area contributed by atoms with Gasteiger partial charge in [0.2, 0.25) is 0 Å². The van der Waals surface area contributed by atoms with Gasteiger partial charge in [-0.05, 0) is 56.3 Å². The van der Waals surface area contributed by atoms with Crippen LogP contribution in [0.1, 0.15) is 52.4 Å². The molecule has 14 heavy (non-hydrogen) atoms. The summed E-state index contributed by atoms with van der Waals surface area (Å²) in [6.07, 6.45) is 8.03. The monoisotopic (exact) mass is 194 g/mol. The van der Waals surface area contributed by atoms with Crippen LogP contribution < -0.4 is 0 Å². The van der Waals surface area contributed by atoms with Crippen LogP contribution >= 0.6 is 0 Å². The maximum atomic E-state index is 11.0. The smallest absolute Gasteiger partial charge is 0.130 e. The minimum absolute atomic E-state index is 0.362. The predicted molar refractivity (Wildman–Crippen MR) is 58.0 cm³/mol. The predicted octanol–water partition coefficient (Wildman–Crippen LogP) is 3.43. The summed E-state index contributed by atoms with van der Waals surface area (Å²) in [5.41, 5.74) is 0. The first-order chi connectivity index (χ1) is 6.65. The molecule has 0 spiro atoms. The van der Waals surface area contributed by atoms with Gasteiger partial charge in [-0.3, -0.25) is 0 Å². The number of carbonyl (C=O) groups is 1. The van der Waals surface area contributed by atoms with Crippen molar-refractivity contribution in [3.05, 3.63) is 0 Å². The fraction of sp³-hybridized carbons (Fsp3) is 0.923. The lowest BCUT2D eigenvalue weighted by Crippen LogP contribution is -2.15. The minimum Gasteiger partial charge on any atom is -0.300 e. The molecule has 2 aliphatic rings. The molecule has 1 nitrogen and oxygen atoms in total. The molecule has 2 rings (SSSR count). The summed E-state index contributed by atoms with van der Waals surface area (Å²) in [6, 6.07) is 0. The van der Waals surface area contributed by atoms with Crippen molar-refractivity contribution in [2.45, 2.75) is 52.4 Å². The lowest BCUT2D eigenvalue weighted by atomic mass is 9.81. The Hall–Kier alpha value is -0.330. The zero-order chi connectivity index (χ0) is 10.1. The number of ketones is 1. The Kier molecular flexibility index (Phi) is 2.94. The van der Waals surface area contributed by atoms with Crippen LogP contribution in [0.5, 0.6) is 0 Å². The molecular formula is C13H22O. The van der Waals surface area contributed by atoms with E-state index in [0.29, 0.717) is 11.7 Å². The van der Waals surface area contributed by atoms with Gasteiger partial charge in [0.1, 0.15) is 5.78 Å². The van der Waals surface area contributed by atoms with E-state index in [4.69, 9.17) is 0 Å². The zero-order valence-electron chi connectivity index (χ0n) is 9.46. The van der Waals surface area contributed by atoms with Gasteiger partial charge in [-0.1, -0.05) is 13.3 Å². The Morgan fingerprint density at radius 2 is 2.14 bits per heavy atom. The fourth-order valence-electron chi connectivity index (χ4n) is 3.76. The molecule has 2 fully saturated rings. The number of fused-ring (bicyclic) bond motifs is 2. The number of Topliss-reactive ketones (excluding diaryl/α,β-unsaturated/α-hetero) is 1. The Balaban J connectivity index is 1.78. The van der Waals surface area contributed by atoms with E-state index in [1.807, 2.05) is 0 Å². The van der Waals surface area contributed by atoms with Crippen LogP contribution in [0.3, 0.4) is 0 Å². The van der Waals surface area contributed by atoms with Gasteiger partial charge >= 0.3 is 0 Å². The molecule has 80 valence electrons. The Labute approximate surface area is 87.3 Å². The van der Waals surface area contributed by atoms with Gasteiger partial charge in [0, 0.05) is 6.42 Å². The molecule has 0 aromatic rings. The first kappa shape index (κ1) is 10.2. The second-order valence-electron chi connectivity index (χ2n) is 5.68. The number of rotatable bonds is 4. The van der Waals surface area contributed by atoms with Crippen LogP contribution in [0.15, 0.2) is 0 Å². The van der Waals surface area contributed by atoms with E-state index in [1.165, 1.54) is 32.1 Å². The second kappa shape index (κ2) is 4.04. The van der Waals surface area contributed by atoms with E-state index in [-0.39, 0.29) is 0 Å². The summed E-state index contributed by atoms with van der Waals surface area (Å²) in [5, 5.41) is 0. The lowest BCUT2D eigenvalue weighted by Gasteiger charge is -2.24. The molecule has 1 heteroatoms. The van der Waals surface area contributed by atoms with Crippen LogP contribution in [0.2, 0.25) is 0 Å². The summed E-state index contributed by atoms with van der Waals surface area (Å²) in [4.78, 5) is 11.0. The van der Waals surface area contributed by atoms with Crippen LogP contribution in [-0.2, 0) is 4.79 Å². The van der Waals surface area contributed by atoms with E-state index < -0.39 is 0 Å². The molecule has 2 saturated carbocycles. The van der Waals surface area contributed by atoms with Crippen LogP contribution in [0, 0.1) is 23.7 Å². The largest absolute Gasteiger partial charge is 0.300 e. The van der Waals surface area contributed by atoms with Gasteiger partial charge in [-0.15, -0.1) is 0 Å². The molecule has 0 N–H and O–H groups in total. The molecule has 0 aromatic carbocycles. The van der Waals surface area contributed by atoms with E-state index in [0.717, 1.165) is 24.2 Å². The fourth-order valence-corrected chi connectivity index (χ4v) is 3.76. The number of hydrogen-bond donors (Lipinski definition) is 0. The molecule has 4 unspecified atom stereocenters. The van der Waals surface area contributed by atoms with Crippen molar-refractivity contribution < 1.29 is 4.79 Å². The summed E-state index contributed by atoms with van der Waals surface area (Å²) >= 11 is 0. The SMILES string of the molecule is CC(=O)CC(C)CC1CC2CCC1C2. The molecular weight excluding hydrogens is 172 g/mol. The van der Waals surface area contributed by atoms with Crippen molar-refractivity contribution in [3.8, 4) is 0 Å². The average molecular weight is 194 g/mol. The van der Waals surface area contributed by atoms with Crippen molar-refractivity contribution in [2.24, 2.45) is 23.7 Å². The van der Waals surface area contributed by atoms with E-state index >= 15 is 0 Å². The van der Waals surface area contributed by atoms with Crippen LogP contribution in [0.4, 0.5) is 0 Å². The molecule has 0 aromatic heterocycles. The van der Waals surface area contributed by atoms with E-state index in [2.05, 4.69) is 6.92 Å². The highest BCUT2D eigenvalue weighted by Gasteiger charge is 2.39. The third-order valence-corrected chi connectivity index (χ3v) is 4.23. The highest BCUT2D eigenvalue weighted by Crippen LogP contribution is 2.50. The third-order valence-electron chi connectivity index (χ3n) is 4.23. The standard InChI is InChI=1S/C13H22O/c1-9(5-10(2)14)6-13-8-11-3-4-12(13)7-11/h9,11-13H,3-8H2,1-2H3. The number of carbonyl (C=O) groups excluding carboxylic acids is 1. The molecule has 2 bridgehead atoms. The average Bonchev–Trinajstić information content (AvgIpc) is 2.62. The Morgan fingerprint density at radius 1 is 1.36 bits per heavy atom. The van der Waals surface area contributed by atoms with Gasteiger partial charge in [0.25, 0.3) is 0 Å². The van der Waals surface area contributed by atoms with Gasteiger partial charge in [0.15, 0.2) is 0 Å². The van der Waals surface area contributed by atoms with E-state index in [9.17, 15) is 4.79 Å². The van der Waals surface area contributed by atoms with Crippen molar-refractivity contribution in [3.63, 3.8) is 0 Å². The summed E-state index contributed by atoms with van der Waals surface area (Å²) in [5.74, 6) is 4.02. The normalized spacial score (nSPS) is 37.4. The van der Waals surface area contributed by atoms with Crippen molar-refractivity contribution in [1.82, 2.24) is 0 Å². The highest BCUT2D eigenvalue weighted by molar-refractivity contribution is 5.75. The maximum absolute atomic E-state index is 11.0. The minimum atomic E-state index is 0.362. The quantitative estimate of drug-likeness (QED) is 0.670. The van der Waals surface area contributed by atoms with Crippen molar-refractivity contribution >= 4 is 5.78 Å². The molecule has 0 saturated heterocycles. The summed E-state index contributed by atoms with van der Waals surface area (Å²) < 4.78 is 0. The topological polar surface area (TPSA) is 17.1 Å². The number of hydrogen-bond acceptors (Lipinski definition) is 1. The molecule has 0 aliphatic heterocycles.